The average molecular weight is 317 g/mol. The third kappa shape index (κ3) is 2.35. The fourth-order valence-corrected chi connectivity index (χ4v) is 2.73. The van der Waals surface area contributed by atoms with Gasteiger partial charge in [-0.1, -0.05) is 28.1 Å². The Kier molecular flexibility index (Phi) is 3.21. The van der Waals surface area contributed by atoms with Crippen LogP contribution < -0.4 is 0 Å². The molecule has 2 aromatic heterocycles. The van der Waals surface area contributed by atoms with Crippen LogP contribution >= 0.6 is 27.3 Å². The first kappa shape index (κ1) is 11.6. The molecule has 1 aromatic carbocycles. The smallest absolute Gasteiger partial charge is 0.125 e. The molecule has 0 saturated carbocycles. The van der Waals surface area contributed by atoms with Gasteiger partial charge in [-0.15, -0.1) is 11.3 Å². The van der Waals surface area contributed by atoms with Crippen molar-refractivity contribution >= 4 is 27.3 Å². The third-order valence-electron chi connectivity index (χ3n) is 2.55. The van der Waals surface area contributed by atoms with E-state index in [1.54, 1.807) is 17.5 Å². The minimum atomic E-state index is 1.00. The second-order valence-electron chi connectivity index (χ2n) is 3.79. The normalized spacial score (nSPS) is 10.5. The molecule has 0 N–H and O–H groups in total. The van der Waals surface area contributed by atoms with E-state index in [4.69, 9.17) is 0 Å². The molecule has 0 aliphatic rings. The van der Waals surface area contributed by atoms with Gasteiger partial charge < -0.3 is 0 Å². The Morgan fingerprint density at radius 3 is 2.56 bits per heavy atom. The van der Waals surface area contributed by atoms with Crippen LogP contribution in [0.25, 0.3) is 21.8 Å². The first-order valence-corrected chi connectivity index (χ1v) is 7.12. The lowest BCUT2D eigenvalue weighted by Crippen LogP contribution is -1.80. The molecule has 0 fully saturated rings. The molecule has 0 atom stereocenters. The van der Waals surface area contributed by atoms with Gasteiger partial charge in [-0.25, -0.2) is 4.98 Å². The van der Waals surface area contributed by atoms with E-state index in [0.29, 0.717) is 0 Å². The van der Waals surface area contributed by atoms with Crippen LogP contribution in [-0.2, 0) is 0 Å². The Balaban J connectivity index is 1.97. The lowest BCUT2D eigenvalue weighted by atomic mass is 10.2. The number of thiazole rings is 1. The number of halogens is 1. The zero-order valence-corrected chi connectivity index (χ0v) is 11.8. The molecule has 88 valence electrons. The fourth-order valence-electron chi connectivity index (χ4n) is 1.65. The monoisotopic (exact) mass is 316 g/mol. The lowest BCUT2D eigenvalue weighted by molar-refractivity contribution is 1.31. The summed E-state index contributed by atoms with van der Waals surface area (Å²) in [4.78, 5) is 8.76. The van der Waals surface area contributed by atoms with E-state index < -0.39 is 0 Å². The van der Waals surface area contributed by atoms with Crippen LogP contribution in [0.15, 0.2) is 58.6 Å². The molecule has 3 aromatic rings. The maximum absolute atomic E-state index is 4.64. The van der Waals surface area contributed by atoms with Crippen molar-refractivity contribution in [2.75, 3.05) is 0 Å². The minimum Gasteiger partial charge on any atom is -0.264 e. The van der Waals surface area contributed by atoms with Crippen LogP contribution in [0, 0.1) is 0 Å². The molecule has 0 unspecified atom stereocenters. The quantitative estimate of drug-likeness (QED) is 0.688. The SMILES string of the molecule is Brc1ccc(-c2csc(-c3cccnc3)n2)cc1. The number of hydrogen-bond donors (Lipinski definition) is 0. The summed E-state index contributed by atoms with van der Waals surface area (Å²) in [5.74, 6) is 0. The van der Waals surface area contributed by atoms with Gasteiger partial charge in [-0.05, 0) is 24.3 Å². The van der Waals surface area contributed by atoms with E-state index in [-0.39, 0.29) is 0 Å². The first-order valence-electron chi connectivity index (χ1n) is 5.45. The molecule has 4 heteroatoms. The summed E-state index contributed by atoms with van der Waals surface area (Å²) < 4.78 is 1.08. The number of hydrogen-bond acceptors (Lipinski definition) is 3. The summed E-state index contributed by atoms with van der Waals surface area (Å²) in [5.41, 5.74) is 3.20. The van der Waals surface area contributed by atoms with E-state index >= 15 is 0 Å². The molecular weight excluding hydrogens is 308 g/mol. The molecule has 0 spiro atoms. The molecule has 0 radical (unpaired) electrons. The van der Waals surface area contributed by atoms with Gasteiger partial charge in [0.25, 0.3) is 0 Å². The van der Waals surface area contributed by atoms with Crippen LogP contribution in [0.5, 0.6) is 0 Å². The lowest BCUT2D eigenvalue weighted by Gasteiger charge is -1.96. The number of pyridine rings is 1. The van der Waals surface area contributed by atoms with Gasteiger partial charge in [-0.2, -0.15) is 0 Å². The Morgan fingerprint density at radius 2 is 1.83 bits per heavy atom. The summed E-state index contributed by atoms with van der Waals surface area (Å²) in [6, 6.07) is 12.1. The predicted octanol–water partition coefficient (Wildman–Crippen LogP) is 4.63. The van der Waals surface area contributed by atoms with Crippen molar-refractivity contribution in [3.05, 3.63) is 58.6 Å². The first-order chi connectivity index (χ1) is 8.83. The molecule has 2 nitrogen and oxygen atoms in total. The zero-order chi connectivity index (χ0) is 12.4. The van der Waals surface area contributed by atoms with Crippen molar-refractivity contribution in [1.82, 2.24) is 9.97 Å². The molecule has 0 bridgehead atoms. The summed E-state index contributed by atoms with van der Waals surface area (Å²) in [6.07, 6.45) is 3.61. The summed E-state index contributed by atoms with van der Waals surface area (Å²) in [6.45, 7) is 0. The second-order valence-corrected chi connectivity index (χ2v) is 5.56. The van der Waals surface area contributed by atoms with E-state index in [9.17, 15) is 0 Å². The third-order valence-corrected chi connectivity index (χ3v) is 3.97. The van der Waals surface area contributed by atoms with E-state index in [1.165, 1.54) is 0 Å². The Labute approximate surface area is 117 Å². The van der Waals surface area contributed by atoms with Crippen molar-refractivity contribution in [2.45, 2.75) is 0 Å². The second kappa shape index (κ2) is 5.00. The molecule has 18 heavy (non-hydrogen) atoms. The van der Waals surface area contributed by atoms with Crippen LogP contribution in [-0.4, -0.2) is 9.97 Å². The Hall–Kier alpha value is -1.52. The van der Waals surface area contributed by atoms with Crippen LogP contribution in [0.3, 0.4) is 0 Å². The predicted molar refractivity (Wildman–Crippen MR) is 78.5 cm³/mol. The number of nitrogens with zero attached hydrogens (tertiary/aromatic N) is 2. The largest absolute Gasteiger partial charge is 0.264 e. The van der Waals surface area contributed by atoms with Crippen molar-refractivity contribution in [2.24, 2.45) is 0 Å². The van der Waals surface area contributed by atoms with Crippen LogP contribution in [0.4, 0.5) is 0 Å². The number of aromatic nitrogens is 2. The number of benzene rings is 1. The highest BCUT2D eigenvalue weighted by Gasteiger charge is 2.06. The molecule has 0 aliphatic heterocycles. The van der Waals surface area contributed by atoms with Gasteiger partial charge in [0.05, 0.1) is 5.69 Å². The van der Waals surface area contributed by atoms with Crippen LogP contribution in [0.1, 0.15) is 0 Å². The van der Waals surface area contributed by atoms with Gasteiger partial charge in [0, 0.05) is 33.4 Å². The highest BCUT2D eigenvalue weighted by Crippen LogP contribution is 2.28. The maximum atomic E-state index is 4.64. The Morgan fingerprint density at radius 1 is 1.00 bits per heavy atom. The van der Waals surface area contributed by atoms with Crippen molar-refractivity contribution in [3.63, 3.8) is 0 Å². The standard InChI is InChI=1S/C14H9BrN2S/c15-12-5-3-10(4-6-12)13-9-18-14(17-13)11-2-1-7-16-8-11/h1-9H. The van der Waals surface area contributed by atoms with Gasteiger partial charge >= 0.3 is 0 Å². The fraction of sp³-hybridized carbons (Fsp3) is 0. The zero-order valence-electron chi connectivity index (χ0n) is 9.38. The summed E-state index contributed by atoms with van der Waals surface area (Å²) in [5, 5.41) is 3.08. The summed E-state index contributed by atoms with van der Waals surface area (Å²) in [7, 11) is 0. The van der Waals surface area contributed by atoms with Crippen molar-refractivity contribution in [3.8, 4) is 21.8 Å². The van der Waals surface area contributed by atoms with Gasteiger partial charge in [0.1, 0.15) is 5.01 Å². The molecule has 3 rings (SSSR count). The highest BCUT2D eigenvalue weighted by atomic mass is 79.9. The minimum absolute atomic E-state index is 1.00. The Bertz CT molecular complexity index is 647. The van der Waals surface area contributed by atoms with Gasteiger partial charge in [-0.3, -0.25) is 4.98 Å². The van der Waals surface area contributed by atoms with E-state index in [2.05, 4.69) is 43.4 Å². The van der Waals surface area contributed by atoms with Crippen LogP contribution in [0.2, 0.25) is 0 Å². The summed E-state index contributed by atoms with van der Waals surface area (Å²) >= 11 is 5.07. The topological polar surface area (TPSA) is 25.8 Å². The highest BCUT2D eigenvalue weighted by molar-refractivity contribution is 9.10. The molecule has 2 heterocycles. The molecule has 0 amide bonds. The van der Waals surface area contributed by atoms with Gasteiger partial charge in [0.2, 0.25) is 0 Å². The number of rotatable bonds is 2. The molecule has 0 saturated heterocycles. The maximum Gasteiger partial charge on any atom is 0.125 e. The van der Waals surface area contributed by atoms with E-state index in [0.717, 1.165) is 26.3 Å². The molecule has 0 aliphatic carbocycles. The van der Waals surface area contributed by atoms with Crippen molar-refractivity contribution < 1.29 is 0 Å². The average Bonchev–Trinajstić information content (AvgIpc) is 2.90. The van der Waals surface area contributed by atoms with Crippen molar-refractivity contribution in [1.29, 1.82) is 0 Å². The molecular formula is C14H9BrN2S. The van der Waals surface area contributed by atoms with E-state index in [1.807, 2.05) is 30.5 Å². The van der Waals surface area contributed by atoms with Gasteiger partial charge in [0.15, 0.2) is 0 Å².